The van der Waals surface area contributed by atoms with Crippen LogP contribution in [-0.4, -0.2) is 53.6 Å². The minimum Gasteiger partial charge on any atom is -0.491 e. The van der Waals surface area contributed by atoms with Crippen LogP contribution in [0.4, 0.5) is 5.69 Å². The number of carbonyl (C=O) groups is 1. The standard InChI is InChI=1S/C25H28N4O3/c1-17-26-15-20-21(27-17)3-2-4-23(20)31-12-11-29-9-7-18(8-10-29)13-19-5-6-24-22(14-19)28-25(30)16-32-24/h2-6,14-15,18H,7-13,16H2,1H3,(H,28,30). The van der Waals surface area contributed by atoms with Gasteiger partial charge in [0.15, 0.2) is 6.61 Å². The Kier molecular flexibility index (Phi) is 5.90. The van der Waals surface area contributed by atoms with E-state index in [2.05, 4.69) is 32.3 Å². The third-order valence-electron chi connectivity index (χ3n) is 6.28. The second kappa shape index (κ2) is 9.12. The van der Waals surface area contributed by atoms with Crippen LogP contribution in [0.5, 0.6) is 11.5 Å². The molecule has 1 fully saturated rings. The van der Waals surface area contributed by atoms with E-state index in [4.69, 9.17) is 9.47 Å². The minimum atomic E-state index is -0.0867. The zero-order chi connectivity index (χ0) is 21.9. The molecule has 0 radical (unpaired) electrons. The van der Waals surface area contributed by atoms with Crippen molar-refractivity contribution in [1.82, 2.24) is 14.9 Å². The molecule has 2 aliphatic rings. The largest absolute Gasteiger partial charge is 0.491 e. The summed E-state index contributed by atoms with van der Waals surface area (Å²) >= 11 is 0. The lowest BCUT2D eigenvalue weighted by Gasteiger charge is -2.32. The molecule has 0 aliphatic carbocycles. The summed E-state index contributed by atoms with van der Waals surface area (Å²) in [7, 11) is 0. The fourth-order valence-corrected chi connectivity index (χ4v) is 4.54. The molecule has 0 spiro atoms. The maximum Gasteiger partial charge on any atom is 0.262 e. The van der Waals surface area contributed by atoms with Crippen LogP contribution in [0.2, 0.25) is 0 Å². The van der Waals surface area contributed by atoms with Crippen molar-refractivity contribution < 1.29 is 14.3 Å². The van der Waals surface area contributed by atoms with Crippen molar-refractivity contribution in [3.63, 3.8) is 0 Å². The zero-order valence-electron chi connectivity index (χ0n) is 18.3. The molecule has 1 saturated heterocycles. The molecule has 0 saturated carbocycles. The quantitative estimate of drug-likeness (QED) is 0.641. The number of carbonyl (C=O) groups excluding carboxylic acids is 1. The fourth-order valence-electron chi connectivity index (χ4n) is 4.54. The maximum absolute atomic E-state index is 11.6. The van der Waals surface area contributed by atoms with E-state index >= 15 is 0 Å². The summed E-state index contributed by atoms with van der Waals surface area (Å²) in [5, 5.41) is 3.86. The van der Waals surface area contributed by atoms with Crippen molar-refractivity contribution in [1.29, 1.82) is 0 Å². The van der Waals surface area contributed by atoms with Crippen LogP contribution >= 0.6 is 0 Å². The van der Waals surface area contributed by atoms with Crippen molar-refractivity contribution in [2.75, 3.05) is 38.2 Å². The first-order chi connectivity index (χ1) is 15.6. The molecule has 32 heavy (non-hydrogen) atoms. The Balaban J connectivity index is 1.10. The van der Waals surface area contributed by atoms with E-state index in [9.17, 15) is 4.79 Å². The molecule has 0 atom stereocenters. The van der Waals surface area contributed by atoms with Crippen LogP contribution < -0.4 is 14.8 Å². The molecule has 2 aromatic carbocycles. The fraction of sp³-hybridized carbons (Fsp3) is 0.400. The van der Waals surface area contributed by atoms with Crippen molar-refractivity contribution in [2.24, 2.45) is 5.92 Å². The molecule has 2 aliphatic heterocycles. The first kappa shape index (κ1) is 20.7. The maximum atomic E-state index is 11.6. The summed E-state index contributed by atoms with van der Waals surface area (Å²) in [6.45, 7) is 5.73. The summed E-state index contributed by atoms with van der Waals surface area (Å²) in [5.41, 5.74) is 2.97. The van der Waals surface area contributed by atoms with E-state index in [1.807, 2.05) is 37.4 Å². The van der Waals surface area contributed by atoms with Gasteiger partial charge in [0.2, 0.25) is 0 Å². The molecule has 166 valence electrons. The number of aryl methyl sites for hydroxylation is 1. The summed E-state index contributed by atoms with van der Waals surface area (Å²) in [4.78, 5) is 22.8. The van der Waals surface area contributed by atoms with Gasteiger partial charge in [-0.05, 0) is 75.0 Å². The van der Waals surface area contributed by atoms with Crippen LogP contribution in [0.15, 0.2) is 42.6 Å². The molecule has 0 unspecified atom stereocenters. The highest BCUT2D eigenvalue weighted by molar-refractivity contribution is 5.95. The second-order valence-corrected chi connectivity index (χ2v) is 8.61. The van der Waals surface area contributed by atoms with Gasteiger partial charge >= 0.3 is 0 Å². The van der Waals surface area contributed by atoms with Gasteiger partial charge in [-0.15, -0.1) is 0 Å². The van der Waals surface area contributed by atoms with E-state index in [1.54, 1.807) is 0 Å². The second-order valence-electron chi connectivity index (χ2n) is 8.61. The van der Waals surface area contributed by atoms with Crippen LogP contribution in [0.3, 0.4) is 0 Å². The molecule has 0 bridgehead atoms. The number of ether oxygens (including phenoxy) is 2. The number of amides is 1. The molecule has 7 heteroatoms. The van der Waals surface area contributed by atoms with Crippen molar-refractivity contribution in [2.45, 2.75) is 26.2 Å². The highest BCUT2D eigenvalue weighted by atomic mass is 16.5. The Morgan fingerprint density at radius 3 is 2.97 bits per heavy atom. The number of benzene rings is 2. The van der Waals surface area contributed by atoms with E-state index in [0.717, 1.165) is 60.0 Å². The van der Waals surface area contributed by atoms with Gasteiger partial charge in [-0.2, -0.15) is 0 Å². The van der Waals surface area contributed by atoms with E-state index < -0.39 is 0 Å². The molecule has 7 nitrogen and oxygen atoms in total. The predicted molar refractivity (Wildman–Crippen MR) is 123 cm³/mol. The molecule has 3 aromatic rings. The average molecular weight is 433 g/mol. The Morgan fingerprint density at radius 2 is 2.09 bits per heavy atom. The van der Waals surface area contributed by atoms with Gasteiger partial charge in [-0.3, -0.25) is 9.69 Å². The predicted octanol–water partition coefficient (Wildman–Crippen LogP) is 3.60. The summed E-state index contributed by atoms with van der Waals surface area (Å²) in [6.07, 6.45) is 5.21. The lowest BCUT2D eigenvalue weighted by atomic mass is 9.90. The smallest absolute Gasteiger partial charge is 0.262 e. The van der Waals surface area contributed by atoms with Crippen molar-refractivity contribution >= 4 is 22.5 Å². The lowest BCUT2D eigenvalue weighted by Crippen LogP contribution is -2.37. The third kappa shape index (κ3) is 4.67. The number of fused-ring (bicyclic) bond motifs is 2. The average Bonchev–Trinajstić information content (AvgIpc) is 2.80. The molecular weight excluding hydrogens is 404 g/mol. The van der Waals surface area contributed by atoms with Gasteiger partial charge in [-0.1, -0.05) is 12.1 Å². The molecule has 1 N–H and O–H groups in total. The Morgan fingerprint density at radius 1 is 1.22 bits per heavy atom. The van der Waals surface area contributed by atoms with E-state index in [-0.39, 0.29) is 12.5 Å². The van der Waals surface area contributed by atoms with Crippen LogP contribution in [0.1, 0.15) is 24.2 Å². The first-order valence-electron chi connectivity index (χ1n) is 11.3. The van der Waals surface area contributed by atoms with Gasteiger partial charge in [0, 0.05) is 12.7 Å². The molecular formula is C25H28N4O3. The number of aromatic nitrogens is 2. The molecule has 3 heterocycles. The summed E-state index contributed by atoms with van der Waals surface area (Å²) in [6, 6.07) is 12.1. The Bertz CT molecular complexity index is 1130. The van der Waals surface area contributed by atoms with Crippen molar-refractivity contribution in [3.8, 4) is 11.5 Å². The topological polar surface area (TPSA) is 76.6 Å². The Labute approximate surface area is 187 Å². The SMILES string of the molecule is Cc1ncc2c(OCCN3CCC(Cc4ccc5c(c4)NC(=O)CO5)CC3)cccc2n1. The van der Waals surface area contributed by atoms with Gasteiger partial charge in [0.1, 0.15) is 23.9 Å². The number of nitrogens with zero attached hydrogens (tertiary/aromatic N) is 3. The number of nitrogens with one attached hydrogen (secondary N) is 1. The van der Waals surface area contributed by atoms with E-state index in [1.165, 1.54) is 18.4 Å². The van der Waals surface area contributed by atoms with Gasteiger partial charge < -0.3 is 14.8 Å². The van der Waals surface area contributed by atoms with E-state index in [0.29, 0.717) is 12.5 Å². The zero-order valence-corrected chi connectivity index (χ0v) is 18.3. The molecule has 1 amide bonds. The van der Waals surface area contributed by atoms with Gasteiger partial charge in [-0.25, -0.2) is 9.97 Å². The number of rotatable bonds is 6. The number of likely N-dealkylation sites (tertiary alicyclic amines) is 1. The Hall–Kier alpha value is -3.19. The number of hydrogen-bond donors (Lipinski definition) is 1. The van der Waals surface area contributed by atoms with Crippen LogP contribution in [0, 0.1) is 12.8 Å². The third-order valence-corrected chi connectivity index (χ3v) is 6.28. The van der Waals surface area contributed by atoms with Gasteiger partial charge in [0.25, 0.3) is 5.91 Å². The minimum absolute atomic E-state index is 0.0867. The van der Waals surface area contributed by atoms with Crippen LogP contribution in [-0.2, 0) is 11.2 Å². The highest BCUT2D eigenvalue weighted by Crippen LogP contribution is 2.31. The van der Waals surface area contributed by atoms with Crippen molar-refractivity contribution in [3.05, 3.63) is 54.0 Å². The highest BCUT2D eigenvalue weighted by Gasteiger charge is 2.21. The molecule has 5 rings (SSSR count). The lowest BCUT2D eigenvalue weighted by molar-refractivity contribution is -0.118. The number of piperidine rings is 1. The van der Waals surface area contributed by atoms with Crippen LogP contribution in [0.25, 0.3) is 10.9 Å². The number of hydrogen-bond acceptors (Lipinski definition) is 6. The molecule has 1 aromatic heterocycles. The normalized spacial score (nSPS) is 17.0. The first-order valence-corrected chi connectivity index (χ1v) is 11.3. The number of anilines is 1. The summed E-state index contributed by atoms with van der Waals surface area (Å²) in [5.74, 6) is 2.95. The summed E-state index contributed by atoms with van der Waals surface area (Å²) < 4.78 is 11.5. The van der Waals surface area contributed by atoms with Gasteiger partial charge in [0.05, 0.1) is 16.6 Å². The monoisotopic (exact) mass is 432 g/mol.